The predicted octanol–water partition coefficient (Wildman–Crippen LogP) is 2.81. The van der Waals surface area contributed by atoms with E-state index in [2.05, 4.69) is 31.3 Å². The Morgan fingerprint density at radius 2 is 2.00 bits per heavy atom. The van der Waals surface area contributed by atoms with Gasteiger partial charge in [0.2, 0.25) is 5.91 Å². The molecule has 1 aliphatic rings. The van der Waals surface area contributed by atoms with Crippen LogP contribution < -0.4 is 10.6 Å². The van der Waals surface area contributed by atoms with Gasteiger partial charge in [-0.25, -0.2) is 5.10 Å². The van der Waals surface area contributed by atoms with Crippen LogP contribution in [0.1, 0.15) is 24.8 Å². The van der Waals surface area contributed by atoms with E-state index in [-0.39, 0.29) is 5.91 Å². The largest absolute Gasteiger partial charge is 0.432 e. The van der Waals surface area contributed by atoms with Crippen LogP contribution in [0.15, 0.2) is 60.5 Å². The van der Waals surface area contributed by atoms with Crippen LogP contribution in [0.5, 0.6) is 0 Å². The van der Waals surface area contributed by atoms with Crippen molar-refractivity contribution in [2.24, 2.45) is 0 Å². The molecule has 9 nitrogen and oxygen atoms in total. The van der Waals surface area contributed by atoms with Gasteiger partial charge in [0, 0.05) is 16.9 Å². The highest BCUT2D eigenvalue weighted by atomic mass is 16.5. The number of tetrazole rings is 1. The van der Waals surface area contributed by atoms with Crippen molar-refractivity contribution in [2.45, 2.75) is 19.3 Å². The van der Waals surface area contributed by atoms with E-state index in [1.807, 2.05) is 31.2 Å². The number of carbonyl (C=O) groups is 2. The molecule has 2 aromatic carbocycles. The van der Waals surface area contributed by atoms with Crippen molar-refractivity contribution in [3.05, 3.63) is 66.1 Å². The number of allylic oxidation sites excluding steroid dienone is 1. The summed E-state index contributed by atoms with van der Waals surface area (Å²) in [6, 6.07) is 14.5. The minimum absolute atomic E-state index is 0.381. The van der Waals surface area contributed by atoms with Gasteiger partial charge in [0.1, 0.15) is 6.26 Å². The molecule has 4 rings (SSSR count). The summed E-state index contributed by atoms with van der Waals surface area (Å²) in [6.45, 7) is 1.93. The molecule has 1 atom stereocenters. The third-order valence-electron chi connectivity index (χ3n) is 4.53. The number of esters is 1. The molecule has 0 bridgehead atoms. The number of nitrogens with zero attached hydrogens (tertiary/aromatic N) is 3. The Balaban J connectivity index is 1.43. The first-order valence-electron chi connectivity index (χ1n) is 9.06. The van der Waals surface area contributed by atoms with Crippen LogP contribution >= 0.6 is 0 Å². The van der Waals surface area contributed by atoms with Crippen LogP contribution in [0.3, 0.4) is 0 Å². The highest BCUT2D eigenvalue weighted by Crippen LogP contribution is 2.33. The van der Waals surface area contributed by atoms with Gasteiger partial charge >= 0.3 is 5.97 Å². The Kier molecular flexibility index (Phi) is 5.02. The van der Waals surface area contributed by atoms with Crippen molar-refractivity contribution >= 4 is 23.3 Å². The first-order valence-corrected chi connectivity index (χ1v) is 9.06. The number of hydrogen-bond donors (Lipinski definition) is 3. The number of carbonyl (C=O) groups excluding carboxylic acids is 2. The number of rotatable bonds is 6. The molecule has 1 amide bonds. The standard InChI is InChI=1S/C20H18N6O3/c1-2-13(21-14-9-7-12(8-10-14)18-23-25-26-24-18)11-29-20(28)17-15-5-3-4-6-16(15)22-19(17)27/h3-11,17,21H,2H2,1H3,(H,22,27)(H,23,24,25,26)/b13-11-. The van der Waals surface area contributed by atoms with Crippen LogP contribution in [-0.2, 0) is 14.3 Å². The summed E-state index contributed by atoms with van der Waals surface area (Å²) >= 11 is 0. The summed E-state index contributed by atoms with van der Waals surface area (Å²) in [7, 11) is 0. The molecule has 3 aromatic rings. The number of nitrogens with one attached hydrogen (secondary N) is 3. The maximum absolute atomic E-state index is 12.5. The molecule has 3 N–H and O–H groups in total. The van der Waals surface area contributed by atoms with E-state index in [9.17, 15) is 9.59 Å². The van der Waals surface area contributed by atoms with Crippen LogP contribution in [-0.4, -0.2) is 32.5 Å². The quantitative estimate of drug-likeness (QED) is 0.336. The molecular formula is C20H18N6O3. The molecule has 0 aliphatic carbocycles. The molecule has 0 saturated carbocycles. The summed E-state index contributed by atoms with van der Waals surface area (Å²) in [5.74, 6) is -1.39. The van der Waals surface area contributed by atoms with E-state index >= 15 is 0 Å². The smallest absolute Gasteiger partial charge is 0.328 e. The average Bonchev–Trinajstić information content (AvgIpc) is 3.38. The van der Waals surface area contributed by atoms with Gasteiger partial charge in [-0.1, -0.05) is 25.1 Å². The summed E-state index contributed by atoms with van der Waals surface area (Å²) < 4.78 is 5.31. The lowest BCUT2D eigenvalue weighted by molar-refractivity contribution is -0.142. The fraction of sp³-hybridized carbons (Fsp3) is 0.150. The maximum Gasteiger partial charge on any atom is 0.328 e. The van der Waals surface area contributed by atoms with Crippen molar-refractivity contribution < 1.29 is 14.3 Å². The van der Waals surface area contributed by atoms with Gasteiger partial charge in [0.15, 0.2) is 11.7 Å². The van der Waals surface area contributed by atoms with Gasteiger partial charge in [-0.05, 0) is 52.7 Å². The highest BCUT2D eigenvalue weighted by Gasteiger charge is 2.37. The molecule has 9 heteroatoms. The van der Waals surface area contributed by atoms with Crippen molar-refractivity contribution in [3.63, 3.8) is 0 Å². The number of aromatic nitrogens is 4. The summed E-state index contributed by atoms with van der Waals surface area (Å²) in [5.41, 5.74) is 3.62. The zero-order valence-electron chi connectivity index (χ0n) is 15.5. The number of benzene rings is 2. The van der Waals surface area contributed by atoms with Gasteiger partial charge < -0.3 is 15.4 Å². The second-order valence-electron chi connectivity index (χ2n) is 6.40. The Hall–Kier alpha value is -4.01. The Morgan fingerprint density at radius 3 is 2.72 bits per heavy atom. The molecule has 1 aromatic heterocycles. The van der Waals surface area contributed by atoms with E-state index in [0.29, 0.717) is 29.2 Å². The molecule has 0 radical (unpaired) electrons. The molecule has 0 spiro atoms. The first kappa shape index (κ1) is 18.4. The molecule has 1 aliphatic heterocycles. The lowest BCUT2D eigenvalue weighted by Gasteiger charge is -2.11. The zero-order valence-corrected chi connectivity index (χ0v) is 15.5. The van der Waals surface area contributed by atoms with Gasteiger partial charge in [0.25, 0.3) is 0 Å². The van der Waals surface area contributed by atoms with E-state index in [0.717, 1.165) is 11.3 Å². The molecular weight excluding hydrogens is 372 g/mol. The van der Waals surface area contributed by atoms with Gasteiger partial charge in [-0.15, -0.1) is 5.10 Å². The highest BCUT2D eigenvalue weighted by molar-refractivity contribution is 6.15. The molecule has 0 saturated heterocycles. The number of H-pyrrole nitrogens is 1. The number of fused-ring (bicyclic) bond motifs is 1. The monoisotopic (exact) mass is 390 g/mol. The second-order valence-corrected chi connectivity index (χ2v) is 6.40. The van der Waals surface area contributed by atoms with Crippen molar-refractivity contribution in [2.75, 3.05) is 10.6 Å². The van der Waals surface area contributed by atoms with E-state index in [4.69, 9.17) is 4.74 Å². The fourth-order valence-corrected chi connectivity index (χ4v) is 3.02. The van der Waals surface area contributed by atoms with Crippen LogP contribution in [0.2, 0.25) is 0 Å². The molecule has 29 heavy (non-hydrogen) atoms. The van der Waals surface area contributed by atoms with Crippen molar-refractivity contribution in [1.82, 2.24) is 20.6 Å². The molecule has 146 valence electrons. The van der Waals surface area contributed by atoms with Gasteiger partial charge in [0.05, 0.1) is 5.70 Å². The van der Waals surface area contributed by atoms with E-state index in [1.54, 1.807) is 24.3 Å². The number of aromatic amines is 1. The van der Waals surface area contributed by atoms with Crippen LogP contribution in [0, 0.1) is 0 Å². The number of ether oxygens (including phenoxy) is 1. The van der Waals surface area contributed by atoms with Crippen LogP contribution in [0.4, 0.5) is 11.4 Å². The topological polar surface area (TPSA) is 122 Å². The molecule has 2 heterocycles. The number of amides is 1. The Morgan fingerprint density at radius 1 is 1.21 bits per heavy atom. The van der Waals surface area contributed by atoms with Gasteiger partial charge in [-0.2, -0.15) is 0 Å². The number of anilines is 2. The fourth-order valence-electron chi connectivity index (χ4n) is 3.02. The van der Waals surface area contributed by atoms with Gasteiger partial charge in [-0.3, -0.25) is 9.59 Å². The average molecular weight is 390 g/mol. The minimum Gasteiger partial charge on any atom is -0.432 e. The zero-order chi connectivity index (χ0) is 20.2. The lowest BCUT2D eigenvalue weighted by atomic mass is 10.0. The first-order chi connectivity index (χ1) is 14.2. The number of hydrogen-bond acceptors (Lipinski definition) is 7. The van der Waals surface area contributed by atoms with Crippen molar-refractivity contribution in [3.8, 4) is 11.4 Å². The SMILES string of the molecule is CC/C(=C/OC(=O)C1C(=O)Nc2ccccc21)Nc1ccc(-c2nnn[nH]2)cc1. The normalized spacial score (nSPS) is 15.6. The summed E-state index contributed by atoms with van der Waals surface area (Å²) in [4.78, 5) is 24.6. The van der Waals surface area contributed by atoms with E-state index < -0.39 is 11.9 Å². The van der Waals surface area contributed by atoms with E-state index in [1.165, 1.54) is 6.26 Å². The third kappa shape index (κ3) is 3.84. The maximum atomic E-state index is 12.5. The Bertz CT molecular complexity index is 1060. The Labute approximate surface area is 166 Å². The second kappa shape index (κ2) is 7.93. The number of para-hydroxylation sites is 1. The predicted molar refractivity (Wildman–Crippen MR) is 106 cm³/mol. The summed E-state index contributed by atoms with van der Waals surface area (Å²) in [6.07, 6.45) is 1.96. The molecule has 1 unspecified atom stereocenters. The summed E-state index contributed by atoms with van der Waals surface area (Å²) in [5, 5.41) is 19.6. The lowest BCUT2D eigenvalue weighted by Crippen LogP contribution is -2.22. The van der Waals surface area contributed by atoms with Crippen molar-refractivity contribution in [1.29, 1.82) is 0 Å². The molecule has 0 fully saturated rings. The minimum atomic E-state index is -0.963. The third-order valence-corrected chi connectivity index (χ3v) is 4.53. The van der Waals surface area contributed by atoms with Crippen LogP contribution in [0.25, 0.3) is 11.4 Å².